The summed E-state index contributed by atoms with van der Waals surface area (Å²) >= 11 is 0. The average molecular weight is 331 g/mol. The highest BCUT2D eigenvalue weighted by Crippen LogP contribution is 2.30. The predicted molar refractivity (Wildman–Crippen MR) is 98.5 cm³/mol. The Morgan fingerprint density at radius 3 is 2.28 bits per heavy atom. The summed E-state index contributed by atoms with van der Waals surface area (Å²) in [4.78, 5) is 14.4. The molecular formula is C21H21N3O. The maximum Gasteiger partial charge on any atom is 0.253 e. The van der Waals surface area contributed by atoms with Gasteiger partial charge in [-0.3, -0.25) is 9.48 Å². The number of likely N-dealkylation sites (tertiary alicyclic amines) is 1. The Morgan fingerprint density at radius 1 is 1.00 bits per heavy atom. The molecule has 25 heavy (non-hydrogen) atoms. The van der Waals surface area contributed by atoms with Crippen LogP contribution in [0.1, 0.15) is 27.4 Å². The molecule has 0 radical (unpaired) electrons. The first kappa shape index (κ1) is 15.6. The van der Waals surface area contributed by atoms with Crippen LogP contribution >= 0.6 is 0 Å². The number of nitrogens with zero attached hydrogens (tertiary/aromatic N) is 3. The monoisotopic (exact) mass is 331 g/mol. The van der Waals surface area contributed by atoms with Gasteiger partial charge in [0.25, 0.3) is 5.91 Å². The molecular weight excluding hydrogens is 310 g/mol. The van der Waals surface area contributed by atoms with E-state index in [1.165, 1.54) is 16.7 Å². The predicted octanol–water partition coefficient (Wildman–Crippen LogP) is 3.64. The second-order valence-electron chi connectivity index (χ2n) is 6.80. The van der Waals surface area contributed by atoms with Gasteiger partial charge < -0.3 is 4.90 Å². The van der Waals surface area contributed by atoms with E-state index in [1.54, 1.807) is 0 Å². The lowest BCUT2D eigenvalue weighted by atomic mass is 9.90. The van der Waals surface area contributed by atoms with Crippen molar-refractivity contribution in [3.63, 3.8) is 0 Å². The lowest BCUT2D eigenvalue weighted by Gasteiger charge is -2.39. The number of hydrogen-bond donors (Lipinski definition) is 0. The highest BCUT2D eigenvalue weighted by Gasteiger charge is 2.32. The Bertz CT molecular complexity index is 888. The summed E-state index contributed by atoms with van der Waals surface area (Å²) in [5.41, 5.74) is 5.53. The van der Waals surface area contributed by atoms with Crippen molar-refractivity contribution in [2.45, 2.75) is 12.8 Å². The van der Waals surface area contributed by atoms with E-state index < -0.39 is 0 Å². The van der Waals surface area contributed by atoms with E-state index in [1.807, 2.05) is 60.2 Å². The Labute approximate surface area is 147 Å². The van der Waals surface area contributed by atoms with E-state index in [0.717, 1.165) is 24.2 Å². The molecule has 1 saturated heterocycles. The maximum absolute atomic E-state index is 12.5. The van der Waals surface area contributed by atoms with Crippen LogP contribution in [0.3, 0.4) is 0 Å². The number of benzene rings is 2. The molecule has 1 aliphatic heterocycles. The van der Waals surface area contributed by atoms with E-state index in [4.69, 9.17) is 0 Å². The molecule has 2 aromatic carbocycles. The van der Waals surface area contributed by atoms with Gasteiger partial charge >= 0.3 is 0 Å². The van der Waals surface area contributed by atoms with E-state index >= 15 is 0 Å². The number of carbonyl (C=O) groups excluding carboxylic acids is 1. The van der Waals surface area contributed by atoms with Crippen LogP contribution < -0.4 is 0 Å². The molecule has 0 N–H and O–H groups in total. The smallest absolute Gasteiger partial charge is 0.253 e. The topological polar surface area (TPSA) is 38.1 Å². The summed E-state index contributed by atoms with van der Waals surface area (Å²) in [5, 5.41) is 4.21. The quantitative estimate of drug-likeness (QED) is 0.735. The first-order valence-electron chi connectivity index (χ1n) is 8.55. The third-order valence-corrected chi connectivity index (χ3v) is 4.89. The molecule has 1 aliphatic rings. The van der Waals surface area contributed by atoms with Crippen molar-refractivity contribution in [3.05, 3.63) is 77.6 Å². The van der Waals surface area contributed by atoms with Crippen LogP contribution in [0, 0.1) is 6.92 Å². The fourth-order valence-electron chi connectivity index (χ4n) is 3.25. The summed E-state index contributed by atoms with van der Waals surface area (Å²) in [7, 11) is 1.92. The van der Waals surface area contributed by atoms with Gasteiger partial charge in [-0.25, -0.2) is 0 Å². The summed E-state index contributed by atoms with van der Waals surface area (Å²) in [6.45, 7) is 3.61. The summed E-state index contributed by atoms with van der Waals surface area (Å²) in [6.07, 6.45) is 3.89. The lowest BCUT2D eigenvalue weighted by molar-refractivity contribution is 0.0602. The number of rotatable bonds is 3. The summed E-state index contributed by atoms with van der Waals surface area (Å²) in [5.74, 6) is 0.556. The van der Waals surface area contributed by atoms with E-state index in [2.05, 4.69) is 29.4 Å². The molecule has 1 amide bonds. The van der Waals surface area contributed by atoms with Crippen LogP contribution in [0.15, 0.2) is 60.9 Å². The van der Waals surface area contributed by atoms with Crippen molar-refractivity contribution in [1.29, 1.82) is 0 Å². The van der Waals surface area contributed by atoms with Crippen molar-refractivity contribution in [1.82, 2.24) is 14.7 Å². The second-order valence-corrected chi connectivity index (χ2v) is 6.80. The Morgan fingerprint density at radius 2 is 1.68 bits per heavy atom. The number of aryl methyl sites for hydroxylation is 2. The van der Waals surface area contributed by atoms with Crippen LogP contribution in [0.4, 0.5) is 0 Å². The van der Waals surface area contributed by atoms with Crippen LogP contribution in [0.2, 0.25) is 0 Å². The van der Waals surface area contributed by atoms with Crippen LogP contribution in [0.5, 0.6) is 0 Å². The van der Waals surface area contributed by atoms with Gasteiger partial charge in [-0.1, -0.05) is 42.0 Å². The highest BCUT2D eigenvalue weighted by atomic mass is 16.2. The van der Waals surface area contributed by atoms with Gasteiger partial charge in [0, 0.05) is 43.4 Å². The zero-order valence-electron chi connectivity index (χ0n) is 14.5. The fourth-order valence-corrected chi connectivity index (χ4v) is 3.25. The van der Waals surface area contributed by atoms with Crippen LogP contribution in [0.25, 0.3) is 11.1 Å². The first-order chi connectivity index (χ1) is 12.1. The Balaban J connectivity index is 1.40. The molecule has 0 bridgehead atoms. The molecule has 2 heterocycles. The summed E-state index contributed by atoms with van der Waals surface area (Å²) < 4.78 is 1.81. The van der Waals surface area contributed by atoms with Crippen molar-refractivity contribution in [3.8, 4) is 11.1 Å². The molecule has 126 valence electrons. The largest absolute Gasteiger partial charge is 0.337 e. The molecule has 3 aromatic rings. The van der Waals surface area contributed by atoms with Gasteiger partial charge in [-0.05, 0) is 30.2 Å². The molecule has 1 fully saturated rings. The molecule has 4 nitrogen and oxygen atoms in total. The Hall–Kier alpha value is -2.88. The molecule has 4 heteroatoms. The van der Waals surface area contributed by atoms with Gasteiger partial charge in [-0.15, -0.1) is 0 Å². The molecule has 0 atom stereocenters. The zero-order valence-corrected chi connectivity index (χ0v) is 14.5. The van der Waals surface area contributed by atoms with E-state index in [0.29, 0.717) is 5.92 Å². The number of hydrogen-bond acceptors (Lipinski definition) is 2. The first-order valence-corrected chi connectivity index (χ1v) is 8.55. The maximum atomic E-state index is 12.5. The van der Waals surface area contributed by atoms with Crippen molar-refractivity contribution < 1.29 is 4.79 Å². The lowest BCUT2D eigenvalue weighted by Crippen LogP contribution is -2.48. The van der Waals surface area contributed by atoms with Gasteiger partial charge in [0.05, 0.1) is 6.20 Å². The minimum absolute atomic E-state index is 0.128. The van der Waals surface area contributed by atoms with Gasteiger partial charge in [0.15, 0.2) is 0 Å². The van der Waals surface area contributed by atoms with E-state index in [-0.39, 0.29) is 5.91 Å². The molecule has 0 spiro atoms. The van der Waals surface area contributed by atoms with Crippen LogP contribution in [-0.4, -0.2) is 33.7 Å². The standard InChI is InChI=1S/C21H21N3O/c1-15-3-5-18(6-4-15)21(25)24-13-20(14-24)17-9-7-16(8-10-17)19-11-22-23(2)12-19/h3-12,20H,13-14H2,1-2H3. The normalized spacial score (nSPS) is 14.4. The SMILES string of the molecule is Cc1ccc(C(=O)N2CC(c3ccc(-c4cnn(C)c4)cc3)C2)cc1. The van der Waals surface area contributed by atoms with E-state index in [9.17, 15) is 4.79 Å². The average Bonchev–Trinajstić information content (AvgIpc) is 3.01. The Kier molecular flexibility index (Phi) is 3.88. The third-order valence-electron chi connectivity index (χ3n) is 4.89. The second kappa shape index (κ2) is 6.20. The number of carbonyl (C=O) groups is 1. The fraction of sp³-hybridized carbons (Fsp3) is 0.238. The molecule has 4 rings (SSSR count). The van der Waals surface area contributed by atoms with Crippen molar-refractivity contribution in [2.24, 2.45) is 7.05 Å². The minimum Gasteiger partial charge on any atom is -0.337 e. The zero-order chi connectivity index (χ0) is 17.4. The highest BCUT2D eigenvalue weighted by molar-refractivity contribution is 5.94. The molecule has 1 aromatic heterocycles. The van der Waals surface area contributed by atoms with Gasteiger partial charge in [-0.2, -0.15) is 5.10 Å². The van der Waals surface area contributed by atoms with Gasteiger partial charge in [0.1, 0.15) is 0 Å². The van der Waals surface area contributed by atoms with Crippen molar-refractivity contribution in [2.75, 3.05) is 13.1 Å². The van der Waals surface area contributed by atoms with Crippen molar-refractivity contribution >= 4 is 5.91 Å². The molecule has 0 saturated carbocycles. The minimum atomic E-state index is 0.128. The molecule has 0 aliphatic carbocycles. The van der Waals surface area contributed by atoms with Gasteiger partial charge in [0.2, 0.25) is 0 Å². The number of aromatic nitrogens is 2. The van der Waals surface area contributed by atoms with Crippen LogP contribution in [-0.2, 0) is 7.05 Å². The third kappa shape index (κ3) is 3.07. The molecule has 0 unspecified atom stereocenters. The number of amides is 1. The summed E-state index contributed by atoms with van der Waals surface area (Å²) in [6, 6.07) is 16.4.